The van der Waals surface area contributed by atoms with Crippen LogP contribution in [0.4, 0.5) is 0 Å². The summed E-state index contributed by atoms with van der Waals surface area (Å²) >= 11 is 0. The lowest BCUT2D eigenvalue weighted by atomic mass is 9.33. The van der Waals surface area contributed by atoms with Gasteiger partial charge in [0.2, 0.25) is 0 Å². The first-order valence-corrected chi connectivity index (χ1v) is 24.1. The molecule has 8 rings (SSSR count). The quantitative estimate of drug-likeness (QED) is 0.123. The molecule has 3 aliphatic heterocycles. The highest BCUT2D eigenvalue weighted by atomic mass is 16.8. The molecule has 10 N–H and O–H groups in total. The predicted octanol–water partition coefficient (Wildman–Crippen LogP) is 1.73. The molecular weight excluding hydrogens is 849 g/mol. The lowest BCUT2D eigenvalue weighted by molar-refractivity contribution is -0.395. The molecule has 0 spiro atoms. The summed E-state index contributed by atoms with van der Waals surface area (Å²) in [4.78, 5) is 12.5. The number of carboxylic acids is 1. The van der Waals surface area contributed by atoms with Crippen molar-refractivity contribution < 1.29 is 84.3 Å². The highest BCUT2D eigenvalue weighted by Gasteiger charge is 2.69. The third-order valence-electron chi connectivity index (χ3n) is 19.4. The first-order valence-electron chi connectivity index (χ1n) is 24.1. The number of aliphatic carboxylic acids is 1. The van der Waals surface area contributed by atoms with E-state index in [1.165, 1.54) is 6.92 Å². The zero-order chi connectivity index (χ0) is 47.7. The van der Waals surface area contributed by atoms with Crippen LogP contribution in [0.2, 0.25) is 0 Å². The number of aliphatic hydroxyl groups excluding tert-OH is 9. The van der Waals surface area contributed by atoms with E-state index in [2.05, 4.69) is 61.5 Å². The van der Waals surface area contributed by atoms with Crippen LogP contribution in [0.5, 0.6) is 0 Å². The van der Waals surface area contributed by atoms with Crippen LogP contribution in [-0.2, 0) is 33.2 Å². The normalized spacial score (nSPS) is 55.1. The van der Waals surface area contributed by atoms with Crippen LogP contribution in [0.25, 0.3) is 0 Å². The smallest absolute Gasteiger partial charge is 0.335 e. The molecule has 7 fully saturated rings. The molecule has 17 heteroatoms. The predicted molar refractivity (Wildman–Crippen MR) is 229 cm³/mol. The van der Waals surface area contributed by atoms with Gasteiger partial charge in [0.05, 0.1) is 24.9 Å². The van der Waals surface area contributed by atoms with Gasteiger partial charge in [0.25, 0.3) is 0 Å². The number of aliphatic hydroxyl groups is 9. The Morgan fingerprint density at radius 3 is 1.94 bits per heavy atom. The fourth-order valence-electron chi connectivity index (χ4n) is 15.1. The minimum atomic E-state index is -2.02. The molecular formula is C48H78O17. The summed E-state index contributed by atoms with van der Waals surface area (Å²) in [7, 11) is 0. The molecule has 0 amide bonds. The number of rotatable bonds is 8. The van der Waals surface area contributed by atoms with Crippen molar-refractivity contribution in [3.05, 3.63) is 11.6 Å². The van der Waals surface area contributed by atoms with E-state index in [9.17, 15) is 55.9 Å². The molecule has 0 aromatic carbocycles. The van der Waals surface area contributed by atoms with E-state index < -0.39 is 116 Å². The number of ether oxygens (including phenoxy) is 6. The Labute approximate surface area is 382 Å². The van der Waals surface area contributed by atoms with E-state index in [0.717, 1.165) is 51.4 Å². The van der Waals surface area contributed by atoms with Crippen molar-refractivity contribution in [2.75, 3.05) is 6.61 Å². The summed E-state index contributed by atoms with van der Waals surface area (Å²) in [6.45, 7) is 19.3. The Morgan fingerprint density at radius 1 is 0.662 bits per heavy atom. The van der Waals surface area contributed by atoms with Gasteiger partial charge in [-0.05, 0) is 110 Å². The highest BCUT2D eigenvalue weighted by molar-refractivity contribution is 5.73. The molecule has 4 saturated carbocycles. The van der Waals surface area contributed by atoms with Gasteiger partial charge in [-0.3, -0.25) is 0 Å². The largest absolute Gasteiger partial charge is 0.479 e. The molecule has 5 aliphatic carbocycles. The molecule has 3 heterocycles. The van der Waals surface area contributed by atoms with Crippen molar-refractivity contribution >= 4 is 5.97 Å². The minimum Gasteiger partial charge on any atom is -0.479 e. The molecule has 8 aliphatic rings. The Bertz CT molecular complexity index is 1790. The van der Waals surface area contributed by atoms with Crippen molar-refractivity contribution in [2.24, 2.45) is 50.2 Å². The first kappa shape index (κ1) is 50.0. The Kier molecular flexibility index (Phi) is 13.2. The molecule has 0 aromatic rings. The fraction of sp³-hybridized carbons (Fsp3) is 0.938. The Morgan fingerprint density at radius 2 is 1.29 bits per heavy atom. The molecule has 0 aromatic heterocycles. The zero-order valence-electron chi connectivity index (χ0n) is 39.5. The molecule has 17 unspecified atom stereocenters. The maximum atomic E-state index is 12.5. The molecule has 17 nitrogen and oxygen atoms in total. The van der Waals surface area contributed by atoms with Gasteiger partial charge >= 0.3 is 5.97 Å². The lowest BCUT2D eigenvalue weighted by Gasteiger charge is -2.71. The van der Waals surface area contributed by atoms with E-state index in [0.29, 0.717) is 18.3 Å². The topological polar surface area (TPSA) is 275 Å². The average molecular weight is 927 g/mol. The summed E-state index contributed by atoms with van der Waals surface area (Å²) in [6.07, 6.45) is -15.9. The van der Waals surface area contributed by atoms with Crippen LogP contribution in [0.3, 0.4) is 0 Å². The van der Waals surface area contributed by atoms with Crippen molar-refractivity contribution in [3.63, 3.8) is 0 Å². The number of carboxylic acid groups (broad SMARTS) is 1. The highest BCUT2D eigenvalue weighted by Crippen LogP contribution is 2.76. The van der Waals surface area contributed by atoms with E-state index in [1.54, 1.807) is 5.57 Å². The van der Waals surface area contributed by atoms with Crippen LogP contribution in [0, 0.1) is 50.2 Å². The van der Waals surface area contributed by atoms with Crippen LogP contribution in [-0.4, -0.2) is 168 Å². The van der Waals surface area contributed by atoms with Crippen molar-refractivity contribution in [1.29, 1.82) is 0 Å². The van der Waals surface area contributed by atoms with Gasteiger partial charge in [0, 0.05) is 5.41 Å². The fourth-order valence-corrected chi connectivity index (χ4v) is 15.1. The summed E-state index contributed by atoms with van der Waals surface area (Å²) in [5, 5.41) is 108. The third-order valence-corrected chi connectivity index (χ3v) is 19.4. The van der Waals surface area contributed by atoms with Gasteiger partial charge in [0.15, 0.2) is 25.0 Å². The molecule has 24 atom stereocenters. The summed E-state index contributed by atoms with van der Waals surface area (Å²) in [5.41, 5.74) is 0.763. The second-order valence-electron chi connectivity index (χ2n) is 23.8. The number of carbonyl (C=O) groups is 1. The molecule has 3 saturated heterocycles. The Hall–Kier alpha value is -1.39. The van der Waals surface area contributed by atoms with E-state index in [-0.39, 0.29) is 39.1 Å². The number of fused-ring (bicyclic) bond motifs is 7. The van der Waals surface area contributed by atoms with Gasteiger partial charge < -0.3 is 79.5 Å². The summed E-state index contributed by atoms with van der Waals surface area (Å²) in [6, 6.07) is 0. The van der Waals surface area contributed by atoms with E-state index >= 15 is 0 Å². The van der Waals surface area contributed by atoms with Crippen LogP contribution in [0.15, 0.2) is 11.6 Å². The van der Waals surface area contributed by atoms with Gasteiger partial charge in [-0.15, -0.1) is 0 Å². The first-order chi connectivity index (χ1) is 30.2. The van der Waals surface area contributed by atoms with Crippen molar-refractivity contribution in [2.45, 2.75) is 224 Å². The van der Waals surface area contributed by atoms with Crippen LogP contribution < -0.4 is 0 Å². The van der Waals surface area contributed by atoms with Crippen LogP contribution >= 0.6 is 0 Å². The number of hydrogen-bond donors (Lipinski definition) is 10. The second kappa shape index (κ2) is 17.2. The van der Waals surface area contributed by atoms with Crippen molar-refractivity contribution in [3.8, 4) is 0 Å². The SMILES string of the molecule is CC1OC(OC2C(OC3C(O[C@H]4CC[C@@]5(C)C(CC[C@]6(C)C5CC=C5[C@@H]7CC(C)(C)C[C@@H](O)[C@]7(C)CC[C@]56C)C4(C)C)OC(C(=O)O)C(O)C3O)OC(CO)C(O)C2O)C(O)C(O)C1O. The monoisotopic (exact) mass is 927 g/mol. The molecule has 372 valence electrons. The van der Waals surface area contributed by atoms with Gasteiger partial charge in [-0.1, -0.05) is 67.0 Å². The van der Waals surface area contributed by atoms with E-state index in [4.69, 9.17) is 28.4 Å². The maximum Gasteiger partial charge on any atom is 0.335 e. The standard InChI is InChI=1S/C48H78O17/c1-21-29(51)31(53)35(57)40(60-21)64-37-32(54)30(52)24(20-49)61-41(37)65-38-34(56)33(55)36(39(58)59)63-42(38)62-28-13-14-46(7)25(44(28,4)5)12-15-48(9)26(46)11-10-22-23-18-43(2,3)19-27(50)45(23,6)16-17-47(22,48)8/h10,21,23-38,40-42,49-57H,11-20H2,1-9H3,(H,58,59)/t21?,23-,24?,25?,26?,27+,28-,29?,30?,31?,32?,33?,34?,35?,36?,37?,38?,40?,41?,42?,45+,46-,47+,48+/m0/s1. The summed E-state index contributed by atoms with van der Waals surface area (Å²) in [5.74, 6) is -0.724. The second-order valence-corrected chi connectivity index (χ2v) is 23.8. The lowest BCUT2D eigenvalue weighted by Crippen LogP contribution is -2.68. The average Bonchev–Trinajstić information content (AvgIpc) is 3.22. The number of hydrogen-bond acceptors (Lipinski definition) is 16. The molecule has 65 heavy (non-hydrogen) atoms. The third kappa shape index (κ3) is 7.81. The summed E-state index contributed by atoms with van der Waals surface area (Å²) < 4.78 is 36.4. The van der Waals surface area contributed by atoms with Crippen LogP contribution in [0.1, 0.15) is 120 Å². The maximum absolute atomic E-state index is 12.5. The molecule has 0 bridgehead atoms. The van der Waals surface area contributed by atoms with Gasteiger partial charge in [-0.2, -0.15) is 0 Å². The van der Waals surface area contributed by atoms with E-state index in [1.807, 2.05) is 0 Å². The molecule has 0 radical (unpaired) electrons. The van der Waals surface area contributed by atoms with Gasteiger partial charge in [-0.25, -0.2) is 4.79 Å². The van der Waals surface area contributed by atoms with Gasteiger partial charge in [0.1, 0.15) is 61.0 Å². The Balaban J connectivity index is 1.06. The van der Waals surface area contributed by atoms with Crippen molar-refractivity contribution in [1.82, 2.24) is 0 Å². The number of allylic oxidation sites excluding steroid dienone is 2. The minimum absolute atomic E-state index is 0.00181. The zero-order valence-corrected chi connectivity index (χ0v) is 39.5.